The Balaban J connectivity index is 1.86. The highest BCUT2D eigenvalue weighted by Crippen LogP contribution is 2.27. The number of amides is 1. The van der Waals surface area contributed by atoms with E-state index in [9.17, 15) is 4.79 Å². The van der Waals surface area contributed by atoms with Crippen LogP contribution in [0, 0.1) is 5.92 Å². The normalized spacial score (nSPS) is 22.2. The molecule has 21 heavy (non-hydrogen) atoms. The smallest absolute Gasteiger partial charge is 0.411 e. The molecule has 0 aromatic heterocycles. The van der Waals surface area contributed by atoms with Gasteiger partial charge in [-0.2, -0.15) is 0 Å². The average Bonchev–Trinajstić information content (AvgIpc) is 2.74. The lowest BCUT2D eigenvalue weighted by molar-refractivity contribution is 0.187. The van der Waals surface area contributed by atoms with Crippen LogP contribution in [-0.4, -0.2) is 19.2 Å². The van der Waals surface area contributed by atoms with Gasteiger partial charge in [0.15, 0.2) is 0 Å². The summed E-state index contributed by atoms with van der Waals surface area (Å²) in [5.41, 5.74) is 1.87. The largest absolute Gasteiger partial charge is 0.453 e. The third-order valence-electron chi connectivity index (χ3n) is 4.35. The number of carbonyl (C=O) groups excluding carboxylic acids is 1. The zero-order chi connectivity index (χ0) is 15.1. The summed E-state index contributed by atoms with van der Waals surface area (Å²) in [6, 6.07) is 8.37. The van der Waals surface area contributed by atoms with Crippen molar-refractivity contribution in [3.63, 3.8) is 0 Å². The maximum absolute atomic E-state index is 11.1. The third-order valence-corrected chi connectivity index (χ3v) is 4.35. The molecule has 1 aliphatic carbocycles. The standard InChI is InChI=1S/C17H26N2O2/c1-3-13-5-4-6-14(8-7-13)18-15-9-11-16(12-10-15)19-17(20)21-2/h9-14,18H,3-8H2,1-2H3,(H,19,20). The van der Waals surface area contributed by atoms with E-state index in [0.717, 1.165) is 17.3 Å². The summed E-state index contributed by atoms with van der Waals surface area (Å²) in [4.78, 5) is 11.1. The zero-order valence-corrected chi connectivity index (χ0v) is 13.0. The molecule has 1 aromatic rings. The summed E-state index contributed by atoms with van der Waals surface area (Å²) < 4.78 is 4.57. The van der Waals surface area contributed by atoms with Crippen molar-refractivity contribution in [1.82, 2.24) is 0 Å². The van der Waals surface area contributed by atoms with Crippen LogP contribution in [0.25, 0.3) is 0 Å². The van der Waals surface area contributed by atoms with Crippen molar-refractivity contribution in [2.75, 3.05) is 17.7 Å². The van der Waals surface area contributed by atoms with Crippen LogP contribution in [0.2, 0.25) is 0 Å². The van der Waals surface area contributed by atoms with E-state index in [0.29, 0.717) is 6.04 Å². The molecule has 1 aromatic carbocycles. The molecule has 1 saturated carbocycles. The Morgan fingerprint density at radius 2 is 1.86 bits per heavy atom. The number of benzene rings is 1. The molecule has 0 heterocycles. The Bertz CT molecular complexity index is 445. The van der Waals surface area contributed by atoms with Crippen LogP contribution in [0.4, 0.5) is 16.2 Å². The number of rotatable bonds is 4. The summed E-state index contributed by atoms with van der Waals surface area (Å²) in [5.74, 6) is 0.906. The number of hydrogen-bond donors (Lipinski definition) is 2. The molecule has 2 N–H and O–H groups in total. The minimum Gasteiger partial charge on any atom is -0.453 e. The number of carbonyl (C=O) groups is 1. The van der Waals surface area contributed by atoms with Gasteiger partial charge in [0.05, 0.1) is 7.11 Å². The first kappa shape index (κ1) is 15.7. The molecule has 0 aliphatic heterocycles. The molecular weight excluding hydrogens is 264 g/mol. The van der Waals surface area contributed by atoms with Crippen molar-refractivity contribution < 1.29 is 9.53 Å². The number of anilines is 2. The lowest BCUT2D eigenvalue weighted by Gasteiger charge is -2.18. The molecule has 4 nitrogen and oxygen atoms in total. The molecule has 1 amide bonds. The van der Waals surface area contributed by atoms with E-state index in [2.05, 4.69) is 22.3 Å². The van der Waals surface area contributed by atoms with E-state index in [1.54, 1.807) is 0 Å². The van der Waals surface area contributed by atoms with Gasteiger partial charge in [-0.1, -0.05) is 26.2 Å². The first-order valence-electron chi connectivity index (χ1n) is 7.92. The first-order chi connectivity index (χ1) is 10.2. The van der Waals surface area contributed by atoms with Crippen LogP contribution in [0.3, 0.4) is 0 Å². The van der Waals surface area contributed by atoms with Crippen LogP contribution < -0.4 is 10.6 Å². The molecule has 4 heteroatoms. The Morgan fingerprint density at radius 3 is 2.52 bits per heavy atom. The van der Waals surface area contributed by atoms with Crippen LogP contribution in [0.15, 0.2) is 24.3 Å². The quantitative estimate of drug-likeness (QED) is 0.794. The number of methoxy groups -OCH3 is 1. The van der Waals surface area contributed by atoms with Gasteiger partial charge in [-0.05, 0) is 49.4 Å². The topological polar surface area (TPSA) is 50.4 Å². The van der Waals surface area contributed by atoms with E-state index in [-0.39, 0.29) is 0 Å². The van der Waals surface area contributed by atoms with Crippen molar-refractivity contribution in [2.45, 2.75) is 51.5 Å². The molecule has 2 rings (SSSR count). The third kappa shape index (κ3) is 4.96. The molecule has 0 bridgehead atoms. The van der Waals surface area contributed by atoms with E-state index in [4.69, 9.17) is 0 Å². The molecule has 2 atom stereocenters. The predicted molar refractivity (Wildman–Crippen MR) is 86.7 cm³/mol. The van der Waals surface area contributed by atoms with Crippen molar-refractivity contribution in [1.29, 1.82) is 0 Å². The number of nitrogens with one attached hydrogen (secondary N) is 2. The highest BCUT2D eigenvalue weighted by Gasteiger charge is 2.17. The summed E-state index contributed by atoms with van der Waals surface area (Å²) in [6.07, 6.45) is 7.38. The van der Waals surface area contributed by atoms with Gasteiger partial charge in [-0.15, -0.1) is 0 Å². The van der Waals surface area contributed by atoms with E-state index in [1.165, 1.54) is 45.6 Å². The second-order valence-corrected chi connectivity index (χ2v) is 5.82. The molecule has 0 saturated heterocycles. The SMILES string of the molecule is CCC1CCCC(Nc2ccc(NC(=O)OC)cc2)CC1. The van der Waals surface area contributed by atoms with Gasteiger partial charge < -0.3 is 10.1 Å². The van der Waals surface area contributed by atoms with Gasteiger partial charge in [-0.3, -0.25) is 5.32 Å². The van der Waals surface area contributed by atoms with Gasteiger partial charge in [0.25, 0.3) is 0 Å². The number of hydrogen-bond acceptors (Lipinski definition) is 3. The molecule has 0 spiro atoms. The number of ether oxygens (including phenoxy) is 1. The Kier molecular flexibility index (Phi) is 5.90. The zero-order valence-electron chi connectivity index (χ0n) is 13.0. The minimum absolute atomic E-state index is 0.440. The Hall–Kier alpha value is -1.71. The van der Waals surface area contributed by atoms with E-state index in [1.807, 2.05) is 24.3 Å². The summed E-state index contributed by atoms with van der Waals surface area (Å²) in [6.45, 7) is 2.30. The maximum Gasteiger partial charge on any atom is 0.411 e. The minimum atomic E-state index is -0.440. The monoisotopic (exact) mass is 290 g/mol. The van der Waals surface area contributed by atoms with Crippen LogP contribution >= 0.6 is 0 Å². The maximum atomic E-state index is 11.1. The van der Waals surface area contributed by atoms with E-state index >= 15 is 0 Å². The molecular formula is C17H26N2O2. The summed E-state index contributed by atoms with van der Waals surface area (Å²) >= 11 is 0. The van der Waals surface area contributed by atoms with Crippen molar-refractivity contribution in [3.05, 3.63) is 24.3 Å². The van der Waals surface area contributed by atoms with E-state index < -0.39 is 6.09 Å². The summed E-state index contributed by atoms with van der Waals surface area (Å²) in [5, 5.41) is 6.27. The van der Waals surface area contributed by atoms with Gasteiger partial charge in [-0.25, -0.2) is 4.79 Å². The highest BCUT2D eigenvalue weighted by molar-refractivity contribution is 5.84. The lowest BCUT2D eigenvalue weighted by atomic mass is 9.98. The average molecular weight is 290 g/mol. The van der Waals surface area contributed by atoms with Crippen LogP contribution in [0.5, 0.6) is 0 Å². The molecule has 0 radical (unpaired) electrons. The Morgan fingerprint density at radius 1 is 1.14 bits per heavy atom. The van der Waals surface area contributed by atoms with Gasteiger partial charge >= 0.3 is 6.09 Å². The molecule has 1 fully saturated rings. The second kappa shape index (κ2) is 7.91. The Labute approximate surface area is 127 Å². The molecule has 2 unspecified atom stereocenters. The first-order valence-corrected chi connectivity index (χ1v) is 7.92. The van der Waals surface area contributed by atoms with Gasteiger partial charge in [0.1, 0.15) is 0 Å². The van der Waals surface area contributed by atoms with Crippen LogP contribution in [-0.2, 0) is 4.74 Å². The van der Waals surface area contributed by atoms with Crippen molar-refractivity contribution >= 4 is 17.5 Å². The fourth-order valence-corrected chi connectivity index (χ4v) is 2.99. The predicted octanol–water partition coefficient (Wildman–Crippen LogP) is 4.64. The molecule has 116 valence electrons. The van der Waals surface area contributed by atoms with Crippen molar-refractivity contribution in [3.8, 4) is 0 Å². The van der Waals surface area contributed by atoms with Crippen LogP contribution in [0.1, 0.15) is 45.4 Å². The summed E-state index contributed by atoms with van der Waals surface area (Å²) in [7, 11) is 1.36. The fraction of sp³-hybridized carbons (Fsp3) is 0.588. The fourth-order valence-electron chi connectivity index (χ4n) is 2.99. The van der Waals surface area contributed by atoms with Crippen molar-refractivity contribution in [2.24, 2.45) is 5.92 Å². The molecule has 1 aliphatic rings. The lowest BCUT2D eigenvalue weighted by Crippen LogP contribution is -2.18. The highest BCUT2D eigenvalue weighted by atomic mass is 16.5. The second-order valence-electron chi connectivity index (χ2n) is 5.82. The van der Waals surface area contributed by atoms with Gasteiger partial charge in [0.2, 0.25) is 0 Å². The van der Waals surface area contributed by atoms with Gasteiger partial charge in [0, 0.05) is 17.4 Å².